The molecule has 0 unspecified atom stereocenters. The first-order valence-corrected chi connectivity index (χ1v) is 13.4. The smallest absolute Gasteiger partial charge is 0.244 e. The van der Waals surface area contributed by atoms with Gasteiger partial charge in [0.25, 0.3) is 0 Å². The summed E-state index contributed by atoms with van der Waals surface area (Å²) in [5.74, 6) is 1.37. The first-order valence-electron chi connectivity index (χ1n) is 13.4. The van der Waals surface area contributed by atoms with E-state index in [1.165, 1.54) is 43.4 Å². The topological polar surface area (TPSA) is 61.0 Å². The molecule has 2 aliphatic rings. The average Bonchev–Trinajstić information content (AvgIpc) is 3.31. The molecule has 1 aliphatic heterocycles. The molecule has 2 heterocycles. The number of nitrogens with one attached hydrogen (secondary N) is 2. The van der Waals surface area contributed by atoms with Crippen LogP contribution < -0.4 is 5.32 Å². The van der Waals surface area contributed by atoms with Gasteiger partial charge >= 0.3 is 0 Å². The second-order valence-corrected chi connectivity index (χ2v) is 10.6. The van der Waals surface area contributed by atoms with E-state index in [1.807, 2.05) is 30.3 Å². The van der Waals surface area contributed by atoms with Crippen LogP contribution in [0.5, 0.6) is 0 Å². The number of aromatic amines is 1. The molecular weight excluding hydrogens is 451 g/mol. The molecule has 2 atom stereocenters. The lowest BCUT2D eigenvalue weighted by Gasteiger charge is -2.38. The number of fused-ring (bicyclic) bond motifs is 1. The predicted molar refractivity (Wildman–Crippen MR) is 143 cm³/mol. The summed E-state index contributed by atoms with van der Waals surface area (Å²) < 4.78 is 13.5. The Bertz CT molecular complexity index is 1210. The number of aromatic nitrogens is 2. The maximum atomic E-state index is 13.5. The number of halogens is 1. The number of hydrogen-bond acceptors (Lipinski definition) is 3. The van der Waals surface area contributed by atoms with E-state index in [9.17, 15) is 9.18 Å². The highest BCUT2D eigenvalue weighted by Gasteiger charge is 2.30. The van der Waals surface area contributed by atoms with Crippen LogP contribution in [-0.2, 0) is 4.79 Å². The van der Waals surface area contributed by atoms with Gasteiger partial charge in [0.05, 0.1) is 5.52 Å². The number of amides is 1. The van der Waals surface area contributed by atoms with Crippen LogP contribution >= 0.6 is 0 Å². The van der Waals surface area contributed by atoms with Crippen LogP contribution in [0.25, 0.3) is 17.0 Å². The molecular formula is C30H37FN4O. The third kappa shape index (κ3) is 5.86. The summed E-state index contributed by atoms with van der Waals surface area (Å²) in [5.41, 5.74) is 4.13. The van der Waals surface area contributed by atoms with Crippen molar-refractivity contribution in [1.29, 1.82) is 0 Å². The predicted octanol–water partition coefficient (Wildman–Crippen LogP) is 5.83. The van der Waals surface area contributed by atoms with Crippen LogP contribution in [0.1, 0.15) is 61.3 Å². The van der Waals surface area contributed by atoms with Crippen molar-refractivity contribution in [2.45, 2.75) is 51.4 Å². The van der Waals surface area contributed by atoms with Crippen LogP contribution in [-0.4, -0.2) is 47.2 Å². The molecule has 2 N–H and O–H groups in total. The number of carbonyl (C=O) groups excluding carboxylic acids is 1. The number of aryl methyl sites for hydroxylation is 1. The summed E-state index contributed by atoms with van der Waals surface area (Å²) in [4.78, 5) is 15.1. The van der Waals surface area contributed by atoms with Crippen molar-refractivity contribution in [2.75, 3.05) is 26.2 Å². The SMILES string of the molecule is Cc1ccccc1C=CC(=O)NC[C@@H]1CCCC[C@H]1CN1CCC(c2[nH]nc3cc(F)ccc23)CC1. The molecule has 5 nitrogen and oxygen atoms in total. The molecule has 2 fully saturated rings. The number of likely N-dealkylation sites (tertiary alicyclic amines) is 1. The van der Waals surface area contributed by atoms with E-state index >= 15 is 0 Å². The number of piperidine rings is 1. The Morgan fingerprint density at radius 1 is 1.11 bits per heavy atom. The van der Waals surface area contributed by atoms with Gasteiger partial charge in [-0.2, -0.15) is 5.10 Å². The van der Waals surface area contributed by atoms with E-state index in [0.29, 0.717) is 23.3 Å². The van der Waals surface area contributed by atoms with Crippen molar-refractivity contribution < 1.29 is 9.18 Å². The molecule has 5 rings (SSSR count). The van der Waals surface area contributed by atoms with Crippen LogP contribution in [0.2, 0.25) is 0 Å². The Hall–Kier alpha value is -2.99. The van der Waals surface area contributed by atoms with Gasteiger partial charge < -0.3 is 10.2 Å². The minimum absolute atomic E-state index is 0.00458. The van der Waals surface area contributed by atoms with Gasteiger partial charge in [-0.15, -0.1) is 0 Å². The number of carbonyl (C=O) groups is 1. The summed E-state index contributed by atoms with van der Waals surface area (Å²) in [5, 5.41) is 11.7. The summed E-state index contributed by atoms with van der Waals surface area (Å²) in [6, 6.07) is 13.0. The molecule has 3 aromatic rings. The molecule has 1 aliphatic carbocycles. The number of nitrogens with zero attached hydrogens (tertiary/aromatic N) is 2. The van der Waals surface area contributed by atoms with Crippen LogP contribution in [0, 0.1) is 24.6 Å². The second kappa shape index (κ2) is 11.4. The number of benzene rings is 2. The van der Waals surface area contributed by atoms with Crippen LogP contribution in [0.15, 0.2) is 48.5 Å². The van der Waals surface area contributed by atoms with E-state index in [1.54, 1.807) is 6.08 Å². The Kier molecular flexibility index (Phi) is 7.81. The normalized spacial score (nSPS) is 21.8. The summed E-state index contributed by atoms with van der Waals surface area (Å²) in [6.07, 6.45) is 10.7. The van der Waals surface area contributed by atoms with E-state index in [0.717, 1.165) is 55.7 Å². The number of H-pyrrole nitrogens is 1. The van der Waals surface area contributed by atoms with Gasteiger partial charge in [0.1, 0.15) is 5.82 Å². The van der Waals surface area contributed by atoms with E-state index in [2.05, 4.69) is 33.4 Å². The van der Waals surface area contributed by atoms with Crippen molar-refractivity contribution >= 4 is 22.9 Å². The molecule has 1 amide bonds. The molecule has 190 valence electrons. The molecule has 1 saturated heterocycles. The molecule has 0 bridgehead atoms. The molecule has 6 heteroatoms. The molecule has 0 spiro atoms. The first-order chi connectivity index (χ1) is 17.6. The Morgan fingerprint density at radius 3 is 2.69 bits per heavy atom. The number of rotatable bonds is 7. The van der Waals surface area contributed by atoms with Gasteiger partial charge in [0.15, 0.2) is 0 Å². The van der Waals surface area contributed by atoms with E-state index < -0.39 is 0 Å². The fourth-order valence-corrected chi connectivity index (χ4v) is 6.08. The maximum Gasteiger partial charge on any atom is 0.244 e. The summed E-state index contributed by atoms with van der Waals surface area (Å²) in [6.45, 7) is 6.07. The van der Waals surface area contributed by atoms with Crippen molar-refractivity contribution in [3.05, 3.63) is 71.2 Å². The van der Waals surface area contributed by atoms with Crippen molar-refractivity contribution in [2.24, 2.45) is 11.8 Å². The Labute approximate surface area is 213 Å². The maximum absolute atomic E-state index is 13.5. The first kappa shape index (κ1) is 24.7. The Morgan fingerprint density at radius 2 is 1.89 bits per heavy atom. The van der Waals surface area contributed by atoms with Crippen molar-refractivity contribution in [3.63, 3.8) is 0 Å². The third-order valence-corrected chi connectivity index (χ3v) is 8.24. The fourth-order valence-electron chi connectivity index (χ4n) is 6.08. The van der Waals surface area contributed by atoms with E-state index in [4.69, 9.17) is 0 Å². The largest absolute Gasteiger partial charge is 0.352 e. The molecule has 1 aromatic heterocycles. The van der Waals surface area contributed by atoms with Gasteiger partial charge in [-0.1, -0.05) is 37.1 Å². The van der Waals surface area contributed by atoms with Gasteiger partial charge in [-0.3, -0.25) is 9.89 Å². The Balaban J connectivity index is 1.12. The van der Waals surface area contributed by atoms with Crippen LogP contribution in [0.4, 0.5) is 4.39 Å². The minimum Gasteiger partial charge on any atom is -0.352 e. The molecule has 2 aromatic carbocycles. The quantitative estimate of drug-likeness (QED) is 0.412. The zero-order chi connectivity index (χ0) is 24.9. The zero-order valence-corrected chi connectivity index (χ0v) is 21.2. The molecule has 1 saturated carbocycles. The van der Waals surface area contributed by atoms with Crippen LogP contribution in [0.3, 0.4) is 0 Å². The van der Waals surface area contributed by atoms with Crippen molar-refractivity contribution in [1.82, 2.24) is 20.4 Å². The molecule has 0 radical (unpaired) electrons. The highest BCUT2D eigenvalue weighted by molar-refractivity contribution is 5.91. The van der Waals surface area contributed by atoms with Gasteiger partial charge in [-0.25, -0.2) is 4.39 Å². The lowest BCUT2D eigenvalue weighted by atomic mass is 9.78. The lowest BCUT2D eigenvalue weighted by Crippen LogP contribution is -2.42. The number of hydrogen-bond donors (Lipinski definition) is 2. The van der Waals surface area contributed by atoms with Gasteiger partial charge in [0, 0.05) is 42.2 Å². The van der Waals surface area contributed by atoms with Gasteiger partial charge in [0.2, 0.25) is 5.91 Å². The van der Waals surface area contributed by atoms with E-state index in [-0.39, 0.29) is 11.7 Å². The average molecular weight is 489 g/mol. The highest BCUT2D eigenvalue weighted by atomic mass is 19.1. The summed E-state index contributed by atoms with van der Waals surface area (Å²) in [7, 11) is 0. The zero-order valence-electron chi connectivity index (χ0n) is 21.2. The van der Waals surface area contributed by atoms with Gasteiger partial charge in [-0.05, 0) is 86.9 Å². The monoisotopic (exact) mass is 488 g/mol. The third-order valence-electron chi connectivity index (χ3n) is 8.24. The summed E-state index contributed by atoms with van der Waals surface area (Å²) >= 11 is 0. The fraction of sp³-hybridized carbons (Fsp3) is 0.467. The minimum atomic E-state index is -0.240. The standard InChI is InChI=1S/C30H37FN4O/c1-21-6-2-3-7-22(21)10-13-29(36)32-19-24-8-4-5-9-25(24)20-35-16-14-23(15-17-35)30-27-12-11-26(31)18-28(27)33-34-30/h2-3,6-7,10-13,18,23-25H,4-5,8-9,14-17,19-20H2,1H3,(H,32,36)(H,33,34)/t24-,25-/m0/s1. The second-order valence-electron chi connectivity index (χ2n) is 10.6. The van der Waals surface area contributed by atoms with Crippen molar-refractivity contribution in [3.8, 4) is 0 Å². The lowest BCUT2D eigenvalue weighted by molar-refractivity contribution is -0.116. The highest BCUT2D eigenvalue weighted by Crippen LogP contribution is 2.34. The molecule has 36 heavy (non-hydrogen) atoms.